The zero-order valence-corrected chi connectivity index (χ0v) is 18.8. The number of hydrogen-bond donors (Lipinski definition) is 1. The summed E-state index contributed by atoms with van der Waals surface area (Å²) in [4.78, 5) is 12.5. The Bertz CT molecular complexity index is 1170. The predicted molar refractivity (Wildman–Crippen MR) is 127 cm³/mol. The van der Waals surface area contributed by atoms with E-state index in [-0.39, 0.29) is 5.57 Å². The van der Waals surface area contributed by atoms with E-state index in [0.29, 0.717) is 46.0 Å². The summed E-state index contributed by atoms with van der Waals surface area (Å²) in [6, 6.07) is 21.6. The molecule has 0 saturated carbocycles. The van der Waals surface area contributed by atoms with E-state index < -0.39 is 5.91 Å². The molecule has 3 rings (SSSR count). The summed E-state index contributed by atoms with van der Waals surface area (Å²) in [7, 11) is 0. The fraction of sp³-hybridized carbons (Fsp3) is 0.120. The Morgan fingerprint density at radius 1 is 1.06 bits per heavy atom. The third-order valence-corrected chi connectivity index (χ3v) is 4.83. The summed E-state index contributed by atoms with van der Waals surface area (Å²) in [5.41, 5.74) is 1.91. The molecular weight excluding hydrogens is 447 g/mol. The normalized spacial score (nSPS) is 10.9. The molecule has 0 spiro atoms. The second-order valence-corrected chi connectivity index (χ2v) is 7.52. The van der Waals surface area contributed by atoms with E-state index in [1.54, 1.807) is 36.4 Å². The third kappa shape index (κ3) is 6.27. The van der Waals surface area contributed by atoms with E-state index in [9.17, 15) is 10.1 Å². The SMILES string of the molecule is CCOc1cc(/C=C(\C#N)C(=O)Nc2cccc(Cl)c2)cc(Cl)c1OCc1ccccc1. The fourth-order valence-corrected chi connectivity index (χ4v) is 3.35. The van der Waals surface area contributed by atoms with Gasteiger partial charge >= 0.3 is 0 Å². The van der Waals surface area contributed by atoms with Gasteiger partial charge in [-0.1, -0.05) is 59.6 Å². The van der Waals surface area contributed by atoms with Crippen molar-refractivity contribution in [2.24, 2.45) is 0 Å². The van der Waals surface area contributed by atoms with Crippen LogP contribution in [0.25, 0.3) is 6.08 Å². The Balaban J connectivity index is 1.84. The van der Waals surface area contributed by atoms with Crippen molar-refractivity contribution in [2.75, 3.05) is 11.9 Å². The first-order chi connectivity index (χ1) is 15.5. The maximum Gasteiger partial charge on any atom is 0.266 e. The van der Waals surface area contributed by atoms with Crippen molar-refractivity contribution in [1.82, 2.24) is 0 Å². The summed E-state index contributed by atoms with van der Waals surface area (Å²) >= 11 is 12.4. The van der Waals surface area contributed by atoms with Gasteiger partial charge in [-0.3, -0.25) is 4.79 Å². The number of carbonyl (C=O) groups is 1. The Morgan fingerprint density at radius 2 is 1.84 bits per heavy atom. The highest BCUT2D eigenvalue weighted by atomic mass is 35.5. The number of carbonyl (C=O) groups excluding carboxylic acids is 1. The number of amides is 1. The van der Waals surface area contributed by atoms with Crippen molar-refractivity contribution in [1.29, 1.82) is 5.26 Å². The maximum atomic E-state index is 12.5. The molecule has 0 bridgehead atoms. The molecule has 0 fully saturated rings. The molecule has 0 radical (unpaired) electrons. The molecule has 162 valence electrons. The predicted octanol–water partition coefficient (Wildman–Crippen LogP) is 6.52. The van der Waals surface area contributed by atoms with Gasteiger partial charge in [-0.2, -0.15) is 5.26 Å². The van der Waals surface area contributed by atoms with E-state index in [0.717, 1.165) is 5.56 Å². The second kappa shape index (κ2) is 11.2. The van der Waals surface area contributed by atoms with Crippen LogP contribution in [0.4, 0.5) is 5.69 Å². The van der Waals surface area contributed by atoms with Gasteiger partial charge in [0.25, 0.3) is 5.91 Å². The zero-order valence-electron chi connectivity index (χ0n) is 17.3. The molecular formula is C25H20Cl2N2O3. The van der Waals surface area contributed by atoms with Crippen molar-refractivity contribution in [3.05, 3.63) is 93.5 Å². The monoisotopic (exact) mass is 466 g/mol. The van der Waals surface area contributed by atoms with Crippen LogP contribution in [0.3, 0.4) is 0 Å². The van der Waals surface area contributed by atoms with Gasteiger partial charge in [0, 0.05) is 10.7 Å². The van der Waals surface area contributed by atoms with Gasteiger partial charge in [-0.25, -0.2) is 0 Å². The fourth-order valence-electron chi connectivity index (χ4n) is 2.88. The lowest BCUT2D eigenvalue weighted by atomic mass is 10.1. The molecule has 0 aliphatic rings. The first kappa shape index (κ1) is 23.2. The van der Waals surface area contributed by atoms with E-state index in [4.69, 9.17) is 32.7 Å². The van der Waals surface area contributed by atoms with Crippen molar-refractivity contribution in [3.63, 3.8) is 0 Å². The van der Waals surface area contributed by atoms with Crippen molar-refractivity contribution in [2.45, 2.75) is 13.5 Å². The molecule has 0 aromatic heterocycles. The molecule has 0 atom stereocenters. The maximum absolute atomic E-state index is 12.5. The number of ether oxygens (including phenoxy) is 2. The first-order valence-corrected chi connectivity index (χ1v) is 10.6. The molecule has 3 aromatic rings. The van der Waals surface area contributed by atoms with Crippen molar-refractivity contribution < 1.29 is 14.3 Å². The van der Waals surface area contributed by atoms with Gasteiger partial charge in [0.2, 0.25) is 0 Å². The number of nitrogens with zero attached hydrogens (tertiary/aromatic N) is 1. The minimum absolute atomic E-state index is 0.0959. The topological polar surface area (TPSA) is 71.3 Å². The summed E-state index contributed by atoms with van der Waals surface area (Å²) in [6.45, 7) is 2.56. The molecule has 5 nitrogen and oxygen atoms in total. The Kier molecular flexibility index (Phi) is 8.15. The van der Waals surface area contributed by atoms with E-state index in [2.05, 4.69) is 5.32 Å². The van der Waals surface area contributed by atoms with Gasteiger partial charge in [-0.05, 0) is 54.5 Å². The van der Waals surface area contributed by atoms with Crippen LogP contribution in [-0.4, -0.2) is 12.5 Å². The van der Waals surface area contributed by atoms with Crippen LogP contribution in [0.1, 0.15) is 18.1 Å². The molecule has 7 heteroatoms. The van der Waals surface area contributed by atoms with Crippen LogP contribution in [0.5, 0.6) is 11.5 Å². The van der Waals surface area contributed by atoms with Crippen LogP contribution < -0.4 is 14.8 Å². The Labute approximate surface area is 196 Å². The van der Waals surface area contributed by atoms with Gasteiger partial charge in [0.1, 0.15) is 18.2 Å². The molecule has 1 N–H and O–H groups in total. The van der Waals surface area contributed by atoms with Gasteiger partial charge < -0.3 is 14.8 Å². The van der Waals surface area contributed by atoms with Gasteiger partial charge in [-0.15, -0.1) is 0 Å². The van der Waals surface area contributed by atoms with Crippen LogP contribution in [0.15, 0.2) is 72.3 Å². The molecule has 0 heterocycles. The molecule has 3 aromatic carbocycles. The number of halogens is 2. The summed E-state index contributed by atoms with van der Waals surface area (Å²) in [5.74, 6) is 0.263. The van der Waals surface area contributed by atoms with Crippen LogP contribution in [-0.2, 0) is 11.4 Å². The molecule has 0 aliphatic carbocycles. The van der Waals surface area contributed by atoms with Crippen molar-refractivity contribution >= 4 is 40.9 Å². The molecule has 1 amide bonds. The van der Waals surface area contributed by atoms with Crippen LogP contribution >= 0.6 is 23.2 Å². The first-order valence-electron chi connectivity index (χ1n) is 9.82. The highest BCUT2D eigenvalue weighted by Gasteiger charge is 2.15. The van der Waals surface area contributed by atoms with E-state index in [1.807, 2.05) is 43.3 Å². The number of nitrogens with one attached hydrogen (secondary N) is 1. The molecule has 0 saturated heterocycles. The van der Waals surface area contributed by atoms with Gasteiger partial charge in [0.05, 0.1) is 11.6 Å². The number of hydrogen-bond acceptors (Lipinski definition) is 4. The number of nitriles is 1. The van der Waals surface area contributed by atoms with E-state index >= 15 is 0 Å². The lowest BCUT2D eigenvalue weighted by molar-refractivity contribution is -0.112. The molecule has 0 unspecified atom stereocenters. The number of benzene rings is 3. The second-order valence-electron chi connectivity index (χ2n) is 6.67. The third-order valence-electron chi connectivity index (χ3n) is 4.32. The van der Waals surface area contributed by atoms with Crippen LogP contribution in [0.2, 0.25) is 10.0 Å². The number of anilines is 1. The van der Waals surface area contributed by atoms with E-state index in [1.165, 1.54) is 6.08 Å². The largest absolute Gasteiger partial charge is 0.490 e. The Morgan fingerprint density at radius 3 is 2.53 bits per heavy atom. The highest BCUT2D eigenvalue weighted by Crippen LogP contribution is 2.38. The lowest BCUT2D eigenvalue weighted by Gasteiger charge is -2.15. The lowest BCUT2D eigenvalue weighted by Crippen LogP contribution is -2.13. The summed E-state index contributed by atoms with van der Waals surface area (Å²) < 4.78 is 11.6. The quantitative estimate of drug-likeness (QED) is 0.303. The average molecular weight is 467 g/mol. The minimum atomic E-state index is -0.562. The Hall–Kier alpha value is -3.46. The number of rotatable bonds is 8. The van der Waals surface area contributed by atoms with Crippen molar-refractivity contribution in [3.8, 4) is 17.6 Å². The highest BCUT2D eigenvalue weighted by molar-refractivity contribution is 6.32. The molecule has 32 heavy (non-hydrogen) atoms. The zero-order chi connectivity index (χ0) is 22.9. The summed E-state index contributed by atoms with van der Waals surface area (Å²) in [6.07, 6.45) is 1.44. The standard InChI is InChI=1S/C25H20Cl2N2O3/c1-2-31-23-13-18(12-22(27)24(23)32-16-17-7-4-3-5-8-17)11-19(15-28)25(30)29-21-10-6-9-20(26)14-21/h3-14H,2,16H2,1H3,(H,29,30)/b19-11+. The summed E-state index contributed by atoms with van der Waals surface area (Å²) in [5, 5.41) is 12.9. The average Bonchev–Trinajstić information content (AvgIpc) is 2.77. The van der Waals surface area contributed by atoms with Crippen LogP contribution in [0, 0.1) is 11.3 Å². The molecule has 0 aliphatic heterocycles. The van der Waals surface area contributed by atoms with Gasteiger partial charge in [0.15, 0.2) is 11.5 Å². The smallest absolute Gasteiger partial charge is 0.266 e. The minimum Gasteiger partial charge on any atom is -0.490 e.